The number of methoxy groups -OCH3 is 1. The third-order valence-corrected chi connectivity index (χ3v) is 3.49. The summed E-state index contributed by atoms with van der Waals surface area (Å²) in [4.78, 5) is 4.47. The molecule has 20 heavy (non-hydrogen) atoms. The molecule has 2 heterocycles. The minimum atomic E-state index is 0.670. The van der Waals surface area contributed by atoms with E-state index >= 15 is 0 Å². The van der Waals surface area contributed by atoms with Gasteiger partial charge in [0.15, 0.2) is 5.82 Å². The Hall–Kier alpha value is -1.72. The van der Waals surface area contributed by atoms with Gasteiger partial charge in [-0.1, -0.05) is 6.07 Å². The molecule has 106 valence electrons. The summed E-state index contributed by atoms with van der Waals surface area (Å²) in [5.74, 6) is 1.58. The van der Waals surface area contributed by atoms with Crippen molar-refractivity contribution in [3.8, 4) is 5.82 Å². The number of ether oxygens (including phenoxy) is 1. The Kier molecular flexibility index (Phi) is 4.08. The fourth-order valence-corrected chi connectivity index (χ4v) is 2.22. The Bertz CT molecular complexity index is 563. The molecule has 5 heteroatoms. The second-order valence-corrected chi connectivity index (χ2v) is 5.12. The first kappa shape index (κ1) is 13.3. The van der Waals surface area contributed by atoms with Crippen LogP contribution in [0.4, 0.5) is 0 Å². The molecule has 0 spiro atoms. The Labute approximate surface area is 119 Å². The van der Waals surface area contributed by atoms with E-state index in [4.69, 9.17) is 4.74 Å². The van der Waals surface area contributed by atoms with Gasteiger partial charge in [0.25, 0.3) is 0 Å². The molecule has 1 fully saturated rings. The van der Waals surface area contributed by atoms with Crippen LogP contribution >= 0.6 is 0 Å². The molecule has 1 aliphatic carbocycles. The lowest BCUT2D eigenvalue weighted by Crippen LogP contribution is -2.20. The summed E-state index contributed by atoms with van der Waals surface area (Å²) in [7, 11) is 1.71. The lowest BCUT2D eigenvalue weighted by Gasteiger charge is -2.09. The zero-order valence-electron chi connectivity index (χ0n) is 11.7. The van der Waals surface area contributed by atoms with Gasteiger partial charge in [0, 0.05) is 44.1 Å². The quantitative estimate of drug-likeness (QED) is 0.782. The second-order valence-electron chi connectivity index (χ2n) is 5.12. The predicted octanol–water partition coefficient (Wildman–Crippen LogP) is 1.88. The van der Waals surface area contributed by atoms with Crippen LogP contribution < -0.4 is 5.32 Å². The van der Waals surface area contributed by atoms with Crippen molar-refractivity contribution in [1.29, 1.82) is 0 Å². The van der Waals surface area contributed by atoms with Gasteiger partial charge in [-0.25, -0.2) is 9.67 Å². The first-order valence-electron chi connectivity index (χ1n) is 7.08. The maximum absolute atomic E-state index is 5.04. The molecule has 2 aromatic rings. The monoisotopic (exact) mass is 272 g/mol. The van der Waals surface area contributed by atoms with Crippen molar-refractivity contribution in [2.75, 3.05) is 20.3 Å². The van der Waals surface area contributed by atoms with Crippen molar-refractivity contribution in [3.05, 3.63) is 41.9 Å². The van der Waals surface area contributed by atoms with Gasteiger partial charge < -0.3 is 10.1 Å². The Morgan fingerprint density at radius 2 is 2.30 bits per heavy atom. The Balaban J connectivity index is 1.73. The largest absolute Gasteiger partial charge is 0.383 e. The van der Waals surface area contributed by atoms with Crippen molar-refractivity contribution in [1.82, 2.24) is 20.1 Å². The molecule has 0 atom stereocenters. The SMILES string of the molecule is COCCNCc1cccnc1-n1ccc(C2CC2)n1. The van der Waals surface area contributed by atoms with Crippen LogP contribution in [0.15, 0.2) is 30.6 Å². The molecular formula is C15H20N4O. The zero-order valence-corrected chi connectivity index (χ0v) is 11.7. The average molecular weight is 272 g/mol. The van der Waals surface area contributed by atoms with Gasteiger partial charge in [0.2, 0.25) is 0 Å². The summed E-state index contributed by atoms with van der Waals surface area (Å²) in [6.45, 7) is 2.31. The van der Waals surface area contributed by atoms with Crippen LogP contribution in [0.25, 0.3) is 5.82 Å². The van der Waals surface area contributed by atoms with E-state index in [1.54, 1.807) is 7.11 Å². The van der Waals surface area contributed by atoms with Gasteiger partial charge >= 0.3 is 0 Å². The van der Waals surface area contributed by atoms with Crippen molar-refractivity contribution < 1.29 is 4.74 Å². The van der Waals surface area contributed by atoms with Crippen LogP contribution in [-0.2, 0) is 11.3 Å². The Morgan fingerprint density at radius 3 is 3.10 bits per heavy atom. The molecule has 2 aromatic heterocycles. The van der Waals surface area contributed by atoms with E-state index in [1.807, 2.05) is 23.1 Å². The van der Waals surface area contributed by atoms with Gasteiger partial charge in [-0.15, -0.1) is 0 Å². The van der Waals surface area contributed by atoms with Gasteiger partial charge in [0.1, 0.15) is 0 Å². The van der Waals surface area contributed by atoms with Gasteiger partial charge in [-0.05, 0) is 25.0 Å². The zero-order chi connectivity index (χ0) is 13.8. The van der Waals surface area contributed by atoms with Crippen LogP contribution in [0.2, 0.25) is 0 Å². The highest BCUT2D eigenvalue weighted by atomic mass is 16.5. The number of hydrogen-bond acceptors (Lipinski definition) is 4. The highest BCUT2D eigenvalue weighted by molar-refractivity contribution is 5.33. The number of nitrogens with zero attached hydrogens (tertiary/aromatic N) is 3. The topological polar surface area (TPSA) is 52.0 Å². The van der Waals surface area contributed by atoms with Crippen LogP contribution in [0, 0.1) is 0 Å². The van der Waals surface area contributed by atoms with Gasteiger partial charge in [-0.3, -0.25) is 0 Å². The third kappa shape index (κ3) is 3.05. The first-order chi connectivity index (χ1) is 9.88. The standard InChI is InChI=1S/C15H20N4O/c1-20-10-8-16-11-13-3-2-7-17-15(13)19-9-6-14(18-19)12-4-5-12/h2-3,6-7,9,12,16H,4-5,8,10-11H2,1H3. The predicted molar refractivity (Wildman–Crippen MR) is 76.9 cm³/mol. The highest BCUT2D eigenvalue weighted by Crippen LogP contribution is 2.39. The summed E-state index contributed by atoms with van der Waals surface area (Å²) in [5, 5.41) is 8.00. The van der Waals surface area contributed by atoms with Crippen LogP contribution in [-0.4, -0.2) is 35.0 Å². The summed E-state index contributed by atoms with van der Waals surface area (Å²) in [6.07, 6.45) is 6.36. The van der Waals surface area contributed by atoms with Gasteiger partial charge in [0.05, 0.1) is 12.3 Å². The molecule has 5 nitrogen and oxygen atoms in total. The highest BCUT2D eigenvalue weighted by Gasteiger charge is 2.26. The van der Waals surface area contributed by atoms with Crippen molar-refractivity contribution >= 4 is 0 Å². The minimum absolute atomic E-state index is 0.670. The van der Waals surface area contributed by atoms with E-state index in [-0.39, 0.29) is 0 Å². The number of aromatic nitrogens is 3. The summed E-state index contributed by atoms with van der Waals surface area (Å²) < 4.78 is 6.93. The van der Waals surface area contributed by atoms with Crippen LogP contribution in [0.1, 0.15) is 30.0 Å². The van der Waals surface area contributed by atoms with Crippen molar-refractivity contribution in [2.24, 2.45) is 0 Å². The van der Waals surface area contributed by atoms with Gasteiger partial charge in [-0.2, -0.15) is 5.10 Å². The molecule has 0 unspecified atom stereocenters. The maximum Gasteiger partial charge on any atom is 0.157 e. The van der Waals surface area contributed by atoms with E-state index in [2.05, 4.69) is 27.5 Å². The van der Waals surface area contributed by atoms with E-state index in [0.717, 1.165) is 24.5 Å². The molecule has 0 saturated heterocycles. The third-order valence-electron chi connectivity index (χ3n) is 3.49. The van der Waals surface area contributed by atoms with Crippen LogP contribution in [0.5, 0.6) is 0 Å². The second kappa shape index (κ2) is 6.15. The van der Waals surface area contributed by atoms with E-state index < -0.39 is 0 Å². The van der Waals surface area contributed by atoms with E-state index in [9.17, 15) is 0 Å². The molecule has 0 bridgehead atoms. The molecule has 0 amide bonds. The average Bonchev–Trinajstić information content (AvgIpc) is 3.22. The minimum Gasteiger partial charge on any atom is -0.383 e. The number of pyridine rings is 1. The lowest BCUT2D eigenvalue weighted by molar-refractivity contribution is 0.199. The summed E-state index contributed by atoms with van der Waals surface area (Å²) >= 11 is 0. The smallest absolute Gasteiger partial charge is 0.157 e. The maximum atomic E-state index is 5.04. The normalized spacial score (nSPS) is 14.7. The fourth-order valence-electron chi connectivity index (χ4n) is 2.22. The van der Waals surface area contributed by atoms with Crippen LogP contribution in [0.3, 0.4) is 0 Å². The molecule has 0 aromatic carbocycles. The fraction of sp³-hybridized carbons (Fsp3) is 0.467. The Morgan fingerprint density at radius 1 is 1.40 bits per heavy atom. The van der Waals surface area contributed by atoms with Crippen molar-refractivity contribution in [3.63, 3.8) is 0 Å². The lowest BCUT2D eigenvalue weighted by atomic mass is 10.2. The molecule has 0 radical (unpaired) electrons. The first-order valence-corrected chi connectivity index (χ1v) is 7.08. The molecule has 0 aliphatic heterocycles. The van der Waals surface area contributed by atoms with Crippen molar-refractivity contribution in [2.45, 2.75) is 25.3 Å². The molecule has 1 aliphatic rings. The summed E-state index contributed by atoms with van der Waals surface area (Å²) in [5.41, 5.74) is 2.34. The molecule has 1 N–H and O–H groups in total. The summed E-state index contributed by atoms with van der Waals surface area (Å²) in [6, 6.07) is 6.15. The molecule has 1 saturated carbocycles. The van der Waals surface area contributed by atoms with E-state index in [1.165, 1.54) is 18.5 Å². The molecule has 3 rings (SSSR count). The number of hydrogen-bond donors (Lipinski definition) is 1. The number of nitrogens with one attached hydrogen (secondary N) is 1. The van der Waals surface area contributed by atoms with E-state index in [0.29, 0.717) is 12.5 Å². The number of rotatable bonds is 7. The molecular weight excluding hydrogens is 252 g/mol.